The molecule has 0 amide bonds. The van der Waals surface area contributed by atoms with Gasteiger partial charge in [-0.15, -0.1) is 0 Å². The van der Waals surface area contributed by atoms with E-state index in [4.69, 9.17) is 9.47 Å². The molecule has 0 radical (unpaired) electrons. The third kappa shape index (κ3) is 3.46. The van der Waals surface area contributed by atoms with Crippen molar-refractivity contribution in [3.8, 4) is 5.75 Å². The molecule has 1 unspecified atom stereocenters. The zero-order chi connectivity index (χ0) is 15.4. The molecule has 0 spiro atoms. The highest BCUT2D eigenvalue weighted by atomic mass is 19.1. The van der Waals surface area contributed by atoms with E-state index >= 15 is 0 Å². The van der Waals surface area contributed by atoms with Crippen LogP contribution < -0.4 is 4.74 Å². The van der Waals surface area contributed by atoms with Gasteiger partial charge in [-0.3, -0.25) is 10.1 Å². The van der Waals surface area contributed by atoms with Crippen molar-refractivity contribution in [1.29, 1.82) is 0 Å². The van der Waals surface area contributed by atoms with E-state index in [0.29, 0.717) is 19.3 Å². The highest BCUT2D eigenvalue weighted by molar-refractivity contribution is 5.90. The lowest BCUT2D eigenvalue weighted by atomic mass is 10.1. The fourth-order valence-electron chi connectivity index (χ4n) is 1.99. The Hall–Kier alpha value is -2.22. The molecule has 2 rings (SSSR count). The lowest BCUT2D eigenvalue weighted by Gasteiger charge is -2.11. The van der Waals surface area contributed by atoms with Gasteiger partial charge < -0.3 is 14.2 Å². The van der Waals surface area contributed by atoms with E-state index in [1.54, 1.807) is 0 Å². The third-order valence-electron chi connectivity index (χ3n) is 3.15. The number of nitro groups is 1. The lowest BCUT2D eigenvalue weighted by molar-refractivity contribution is -0.386. The average Bonchev–Trinajstić information content (AvgIpc) is 2.98. The average molecular weight is 299 g/mol. The molecule has 1 saturated heterocycles. The predicted octanol–water partition coefficient (Wildman–Crippen LogP) is 1.94. The number of hydrogen-bond acceptors (Lipinski definition) is 6. The van der Waals surface area contributed by atoms with Gasteiger partial charge in [0.25, 0.3) is 0 Å². The quantitative estimate of drug-likeness (QED) is 0.469. The fraction of sp³-hybridized carbons (Fsp3) is 0.462. The van der Waals surface area contributed by atoms with E-state index in [2.05, 4.69) is 4.74 Å². The Morgan fingerprint density at radius 1 is 1.57 bits per heavy atom. The molecule has 7 nitrogen and oxygen atoms in total. The van der Waals surface area contributed by atoms with Gasteiger partial charge in [0, 0.05) is 18.6 Å². The van der Waals surface area contributed by atoms with Gasteiger partial charge in [-0.25, -0.2) is 9.18 Å². The Bertz CT molecular complexity index is 556. The van der Waals surface area contributed by atoms with Crippen LogP contribution in [0.2, 0.25) is 0 Å². The summed E-state index contributed by atoms with van der Waals surface area (Å²) in [6, 6.07) is 1.65. The molecule has 1 atom stereocenters. The minimum atomic E-state index is -1.02. The zero-order valence-corrected chi connectivity index (χ0v) is 11.3. The molecular formula is C13H14FNO6. The number of halogens is 1. The number of carbonyl (C=O) groups is 1. The first kappa shape index (κ1) is 15.2. The molecule has 0 N–H and O–H groups in total. The summed E-state index contributed by atoms with van der Waals surface area (Å²) in [6.07, 6.45) is 0.791. The molecule has 21 heavy (non-hydrogen) atoms. The van der Waals surface area contributed by atoms with Crippen LogP contribution in [0.15, 0.2) is 12.1 Å². The number of carbonyl (C=O) groups excluding carboxylic acids is 1. The van der Waals surface area contributed by atoms with E-state index in [1.807, 2.05) is 0 Å². The number of rotatable bonds is 5. The molecular weight excluding hydrogens is 285 g/mol. The predicted molar refractivity (Wildman–Crippen MR) is 68.8 cm³/mol. The number of benzene rings is 1. The minimum absolute atomic E-state index is 0.122. The maximum absolute atomic E-state index is 13.7. The van der Waals surface area contributed by atoms with Gasteiger partial charge in [0.2, 0.25) is 0 Å². The number of esters is 1. The summed E-state index contributed by atoms with van der Waals surface area (Å²) < 4.78 is 28.7. The lowest BCUT2D eigenvalue weighted by Crippen LogP contribution is -2.13. The van der Waals surface area contributed by atoms with Crippen molar-refractivity contribution in [1.82, 2.24) is 0 Å². The van der Waals surface area contributed by atoms with Gasteiger partial charge in [-0.2, -0.15) is 0 Å². The van der Waals surface area contributed by atoms with Crippen LogP contribution in [0.25, 0.3) is 0 Å². The monoisotopic (exact) mass is 299 g/mol. The second-order valence-electron chi connectivity index (χ2n) is 4.59. The molecule has 1 aromatic carbocycles. The summed E-state index contributed by atoms with van der Waals surface area (Å²) in [5, 5.41) is 10.9. The molecule has 1 fully saturated rings. The largest absolute Gasteiger partial charge is 0.486 e. The van der Waals surface area contributed by atoms with Crippen LogP contribution in [-0.2, 0) is 9.47 Å². The van der Waals surface area contributed by atoms with Gasteiger partial charge in [0.15, 0.2) is 5.75 Å². The van der Waals surface area contributed by atoms with Crippen LogP contribution in [0.5, 0.6) is 5.75 Å². The Kier molecular flexibility index (Phi) is 4.69. The summed E-state index contributed by atoms with van der Waals surface area (Å²) in [4.78, 5) is 21.6. The maximum Gasteiger partial charge on any atom is 0.340 e. The van der Waals surface area contributed by atoms with Crippen molar-refractivity contribution in [2.75, 3.05) is 26.9 Å². The molecule has 1 aliphatic heterocycles. The standard InChI is InChI=1S/C13H14FNO6/c1-19-13(16)9-4-12(11(15(17)18)5-10(9)14)21-7-8-2-3-20-6-8/h4-5,8H,2-3,6-7H2,1H3. The Balaban J connectivity index is 2.26. The van der Waals surface area contributed by atoms with Crippen molar-refractivity contribution >= 4 is 11.7 Å². The third-order valence-corrected chi connectivity index (χ3v) is 3.15. The second-order valence-corrected chi connectivity index (χ2v) is 4.59. The number of nitrogens with zero attached hydrogens (tertiary/aromatic N) is 1. The summed E-state index contributed by atoms with van der Waals surface area (Å²) in [5.74, 6) is -1.98. The van der Waals surface area contributed by atoms with Crippen LogP contribution in [0.4, 0.5) is 10.1 Å². The number of nitro benzene ring substituents is 1. The van der Waals surface area contributed by atoms with Gasteiger partial charge in [-0.1, -0.05) is 0 Å². The highest BCUT2D eigenvalue weighted by Gasteiger charge is 2.25. The van der Waals surface area contributed by atoms with Crippen molar-refractivity contribution in [3.63, 3.8) is 0 Å². The van der Waals surface area contributed by atoms with E-state index in [0.717, 1.165) is 19.6 Å². The Labute approximate surface area is 119 Å². The molecule has 0 saturated carbocycles. The van der Waals surface area contributed by atoms with Gasteiger partial charge >= 0.3 is 11.7 Å². The van der Waals surface area contributed by atoms with E-state index in [1.165, 1.54) is 0 Å². The molecule has 0 bridgehead atoms. The fourth-order valence-corrected chi connectivity index (χ4v) is 1.99. The minimum Gasteiger partial charge on any atom is -0.486 e. The van der Waals surface area contributed by atoms with Crippen molar-refractivity contribution in [3.05, 3.63) is 33.6 Å². The second kappa shape index (κ2) is 6.49. The molecule has 1 aromatic rings. The van der Waals surface area contributed by atoms with Crippen molar-refractivity contribution in [2.24, 2.45) is 5.92 Å². The molecule has 1 heterocycles. The number of ether oxygens (including phenoxy) is 3. The van der Waals surface area contributed by atoms with Crippen molar-refractivity contribution in [2.45, 2.75) is 6.42 Å². The van der Waals surface area contributed by atoms with Gasteiger partial charge in [-0.05, 0) is 6.42 Å². The van der Waals surface area contributed by atoms with Crippen LogP contribution in [0.1, 0.15) is 16.8 Å². The van der Waals surface area contributed by atoms with E-state index < -0.39 is 28.0 Å². The molecule has 114 valence electrons. The number of methoxy groups -OCH3 is 1. The Morgan fingerprint density at radius 3 is 2.90 bits per heavy atom. The number of hydrogen-bond donors (Lipinski definition) is 0. The van der Waals surface area contributed by atoms with Crippen molar-refractivity contribution < 1.29 is 28.3 Å². The summed E-state index contributed by atoms with van der Waals surface area (Å²) in [7, 11) is 1.10. The summed E-state index contributed by atoms with van der Waals surface area (Å²) >= 11 is 0. The van der Waals surface area contributed by atoms with Crippen LogP contribution in [0.3, 0.4) is 0 Å². The summed E-state index contributed by atoms with van der Waals surface area (Å²) in [6.45, 7) is 1.33. The summed E-state index contributed by atoms with van der Waals surface area (Å²) in [5.41, 5.74) is -0.931. The Morgan fingerprint density at radius 2 is 2.33 bits per heavy atom. The molecule has 8 heteroatoms. The van der Waals surface area contributed by atoms with E-state index in [9.17, 15) is 19.3 Å². The molecule has 0 aliphatic carbocycles. The normalized spacial score (nSPS) is 17.5. The highest BCUT2D eigenvalue weighted by Crippen LogP contribution is 2.31. The topological polar surface area (TPSA) is 87.9 Å². The smallest absolute Gasteiger partial charge is 0.340 e. The molecule has 1 aliphatic rings. The van der Waals surface area contributed by atoms with Gasteiger partial charge in [0.05, 0.1) is 36.9 Å². The van der Waals surface area contributed by atoms with Crippen LogP contribution in [0, 0.1) is 21.8 Å². The first-order chi connectivity index (χ1) is 10.0. The van der Waals surface area contributed by atoms with E-state index in [-0.39, 0.29) is 18.3 Å². The van der Waals surface area contributed by atoms with Crippen LogP contribution in [-0.4, -0.2) is 37.8 Å². The SMILES string of the molecule is COC(=O)c1cc(OCC2CCOC2)c([N+](=O)[O-])cc1F. The first-order valence-electron chi connectivity index (χ1n) is 6.29. The molecule has 0 aromatic heterocycles. The maximum atomic E-state index is 13.7. The van der Waals surface area contributed by atoms with Gasteiger partial charge in [0.1, 0.15) is 5.82 Å². The zero-order valence-electron chi connectivity index (χ0n) is 11.3. The first-order valence-corrected chi connectivity index (χ1v) is 6.29. The van der Waals surface area contributed by atoms with Crippen LogP contribution >= 0.6 is 0 Å².